The number of nitrogens with zero attached hydrogens (tertiary/aromatic N) is 1. The van der Waals surface area contributed by atoms with Gasteiger partial charge in [-0.2, -0.15) is 0 Å². The molecule has 1 heterocycles. The van der Waals surface area contributed by atoms with Gasteiger partial charge in [0.1, 0.15) is 12.1 Å². The summed E-state index contributed by atoms with van der Waals surface area (Å²) in [5.41, 5.74) is -0.735. The lowest BCUT2D eigenvalue weighted by molar-refractivity contribution is -0.135. The Labute approximate surface area is 119 Å². The Hall–Kier alpha value is -1.59. The van der Waals surface area contributed by atoms with Crippen molar-refractivity contribution in [1.82, 2.24) is 15.5 Å². The molecule has 1 aliphatic heterocycles. The van der Waals surface area contributed by atoms with Crippen molar-refractivity contribution in [2.75, 3.05) is 6.54 Å². The molecule has 0 aromatic rings. The first kappa shape index (κ1) is 14.8. The van der Waals surface area contributed by atoms with Crippen LogP contribution in [0.2, 0.25) is 0 Å². The SMILES string of the molecule is CC(C)C(C)NC(=O)CN1C(=O)NC2(CCCC2)C1=O. The van der Waals surface area contributed by atoms with E-state index in [-0.39, 0.29) is 24.4 Å². The second-order valence-electron chi connectivity index (χ2n) is 6.21. The van der Waals surface area contributed by atoms with E-state index in [0.29, 0.717) is 18.8 Å². The number of nitrogens with one attached hydrogen (secondary N) is 2. The number of urea groups is 1. The van der Waals surface area contributed by atoms with Gasteiger partial charge in [-0.05, 0) is 25.7 Å². The molecule has 0 radical (unpaired) electrons. The minimum atomic E-state index is -0.735. The molecule has 6 nitrogen and oxygen atoms in total. The molecule has 2 N–H and O–H groups in total. The van der Waals surface area contributed by atoms with Crippen LogP contribution in [0.5, 0.6) is 0 Å². The van der Waals surface area contributed by atoms with E-state index < -0.39 is 11.6 Å². The molecule has 1 saturated carbocycles. The number of carbonyl (C=O) groups excluding carboxylic acids is 3. The summed E-state index contributed by atoms with van der Waals surface area (Å²) in [4.78, 5) is 37.2. The molecule has 1 saturated heterocycles. The highest BCUT2D eigenvalue weighted by atomic mass is 16.2. The third kappa shape index (κ3) is 2.64. The van der Waals surface area contributed by atoms with Crippen LogP contribution in [0.25, 0.3) is 0 Å². The van der Waals surface area contributed by atoms with Crippen molar-refractivity contribution < 1.29 is 14.4 Å². The van der Waals surface area contributed by atoms with Gasteiger partial charge in [-0.15, -0.1) is 0 Å². The second-order valence-corrected chi connectivity index (χ2v) is 6.21. The summed E-state index contributed by atoms with van der Waals surface area (Å²) in [6, 6.07) is -0.423. The maximum atomic E-state index is 12.4. The molecule has 112 valence electrons. The summed E-state index contributed by atoms with van der Waals surface area (Å²) < 4.78 is 0. The molecule has 0 aromatic heterocycles. The Bertz CT molecular complexity index is 427. The Morgan fingerprint density at radius 3 is 2.45 bits per heavy atom. The average molecular weight is 281 g/mol. The largest absolute Gasteiger partial charge is 0.352 e. The third-order valence-electron chi connectivity index (χ3n) is 4.39. The molecule has 20 heavy (non-hydrogen) atoms. The van der Waals surface area contributed by atoms with Crippen molar-refractivity contribution in [1.29, 1.82) is 0 Å². The van der Waals surface area contributed by atoms with Crippen LogP contribution in [0, 0.1) is 5.92 Å². The third-order valence-corrected chi connectivity index (χ3v) is 4.39. The molecule has 2 fully saturated rings. The van der Waals surface area contributed by atoms with Gasteiger partial charge >= 0.3 is 6.03 Å². The first-order chi connectivity index (χ1) is 9.35. The average Bonchev–Trinajstić information content (AvgIpc) is 2.91. The minimum absolute atomic E-state index is 0.0173. The number of carbonyl (C=O) groups is 3. The van der Waals surface area contributed by atoms with Crippen LogP contribution in [0.15, 0.2) is 0 Å². The van der Waals surface area contributed by atoms with E-state index in [1.54, 1.807) is 0 Å². The van der Waals surface area contributed by atoms with Crippen LogP contribution in [-0.4, -0.2) is 40.9 Å². The Kier molecular flexibility index (Phi) is 4.01. The van der Waals surface area contributed by atoms with E-state index >= 15 is 0 Å². The lowest BCUT2D eigenvalue weighted by Crippen LogP contribution is -2.46. The lowest BCUT2D eigenvalue weighted by Gasteiger charge is -2.21. The summed E-state index contributed by atoms with van der Waals surface area (Å²) in [7, 11) is 0. The fourth-order valence-electron chi connectivity index (χ4n) is 2.75. The Balaban J connectivity index is 1.98. The summed E-state index contributed by atoms with van der Waals surface area (Å²) in [6.07, 6.45) is 3.24. The van der Waals surface area contributed by atoms with Crippen molar-refractivity contribution in [3.63, 3.8) is 0 Å². The molecule has 0 aromatic carbocycles. The summed E-state index contributed by atoms with van der Waals surface area (Å²) in [5, 5.41) is 5.58. The van der Waals surface area contributed by atoms with Crippen molar-refractivity contribution in [3.05, 3.63) is 0 Å². The van der Waals surface area contributed by atoms with E-state index in [0.717, 1.165) is 17.7 Å². The molecule has 6 heteroatoms. The summed E-state index contributed by atoms with van der Waals surface area (Å²) in [6.45, 7) is 5.73. The zero-order chi connectivity index (χ0) is 14.9. The van der Waals surface area contributed by atoms with Gasteiger partial charge in [-0.3, -0.25) is 14.5 Å². The zero-order valence-electron chi connectivity index (χ0n) is 12.4. The summed E-state index contributed by atoms with van der Waals surface area (Å²) in [5.74, 6) is -0.222. The van der Waals surface area contributed by atoms with Crippen LogP contribution in [0.1, 0.15) is 46.5 Å². The zero-order valence-corrected chi connectivity index (χ0v) is 12.4. The predicted molar refractivity (Wildman–Crippen MR) is 73.9 cm³/mol. The summed E-state index contributed by atoms with van der Waals surface area (Å²) >= 11 is 0. The molecule has 1 atom stereocenters. The van der Waals surface area contributed by atoms with Gasteiger partial charge in [0.2, 0.25) is 5.91 Å². The number of imide groups is 1. The van der Waals surface area contributed by atoms with Gasteiger partial charge in [0.25, 0.3) is 5.91 Å². The maximum absolute atomic E-state index is 12.4. The first-order valence-corrected chi connectivity index (χ1v) is 7.29. The van der Waals surface area contributed by atoms with Crippen molar-refractivity contribution in [2.24, 2.45) is 5.92 Å². The van der Waals surface area contributed by atoms with Gasteiger partial charge in [-0.1, -0.05) is 26.7 Å². The topological polar surface area (TPSA) is 78.5 Å². The van der Waals surface area contributed by atoms with E-state index in [9.17, 15) is 14.4 Å². The van der Waals surface area contributed by atoms with Gasteiger partial charge in [0.15, 0.2) is 0 Å². The predicted octanol–water partition coefficient (Wildman–Crippen LogP) is 1.01. The number of rotatable bonds is 4. The van der Waals surface area contributed by atoms with Gasteiger partial charge in [-0.25, -0.2) is 4.79 Å². The molecule has 0 bridgehead atoms. The minimum Gasteiger partial charge on any atom is -0.352 e. The fourth-order valence-corrected chi connectivity index (χ4v) is 2.75. The maximum Gasteiger partial charge on any atom is 0.325 e. The molecule has 1 aliphatic carbocycles. The van der Waals surface area contributed by atoms with Crippen molar-refractivity contribution in [3.8, 4) is 0 Å². The van der Waals surface area contributed by atoms with Crippen LogP contribution in [0.3, 0.4) is 0 Å². The van der Waals surface area contributed by atoms with Gasteiger partial charge in [0, 0.05) is 6.04 Å². The van der Waals surface area contributed by atoms with E-state index in [4.69, 9.17) is 0 Å². The quantitative estimate of drug-likeness (QED) is 0.755. The molecule has 1 unspecified atom stereocenters. The smallest absolute Gasteiger partial charge is 0.325 e. The molecular formula is C14H23N3O3. The van der Waals surface area contributed by atoms with Gasteiger partial charge in [0.05, 0.1) is 0 Å². The molecular weight excluding hydrogens is 258 g/mol. The standard InChI is InChI=1S/C14H23N3O3/c1-9(2)10(3)15-11(18)8-17-12(19)14(16-13(17)20)6-4-5-7-14/h9-10H,4-8H2,1-3H3,(H,15,18)(H,16,20). The fraction of sp³-hybridized carbons (Fsp3) is 0.786. The number of hydrogen-bond donors (Lipinski definition) is 2. The first-order valence-electron chi connectivity index (χ1n) is 7.29. The highest BCUT2D eigenvalue weighted by Crippen LogP contribution is 2.34. The number of hydrogen-bond acceptors (Lipinski definition) is 3. The Morgan fingerprint density at radius 2 is 1.90 bits per heavy atom. The van der Waals surface area contributed by atoms with Crippen LogP contribution < -0.4 is 10.6 Å². The molecule has 4 amide bonds. The van der Waals surface area contributed by atoms with Crippen LogP contribution in [-0.2, 0) is 9.59 Å². The highest BCUT2D eigenvalue weighted by molar-refractivity contribution is 6.09. The molecule has 2 rings (SSSR count). The van der Waals surface area contributed by atoms with E-state index in [2.05, 4.69) is 10.6 Å². The molecule has 2 aliphatic rings. The van der Waals surface area contributed by atoms with Crippen LogP contribution >= 0.6 is 0 Å². The van der Waals surface area contributed by atoms with Crippen molar-refractivity contribution >= 4 is 17.8 Å². The van der Waals surface area contributed by atoms with Crippen LogP contribution in [0.4, 0.5) is 4.79 Å². The normalized spacial score (nSPS) is 22.5. The van der Waals surface area contributed by atoms with E-state index in [1.807, 2.05) is 20.8 Å². The highest BCUT2D eigenvalue weighted by Gasteiger charge is 2.52. The molecule has 1 spiro atoms. The van der Waals surface area contributed by atoms with Crippen molar-refractivity contribution in [2.45, 2.75) is 58.0 Å². The monoisotopic (exact) mass is 281 g/mol. The number of amides is 4. The Morgan fingerprint density at radius 1 is 1.30 bits per heavy atom. The van der Waals surface area contributed by atoms with Gasteiger partial charge < -0.3 is 10.6 Å². The van der Waals surface area contributed by atoms with E-state index in [1.165, 1.54) is 0 Å². The lowest BCUT2D eigenvalue weighted by atomic mass is 9.98. The second kappa shape index (κ2) is 5.42.